The van der Waals surface area contributed by atoms with E-state index in [1.807, 2.05) is 30.3 Å². The molecule has 0 saturated heterocycles. The molecule has 1 amide bonds. The molecule has 1 aromatic carbocycles. The lowest BCUT2D eigenvalue weighted by Gasteiger charge is -2.21. The van der Waals surface area contributed by atoms with Crippen molar-refractivity contribution in [1.82, 2.24) is 5.32 Å². The predicted octanol–water partition coefficient (Wildman–Crippen LogP) is 1.04. The summed E-state index contributed by atoms with van der Waals surface area (Å²) in [6.45, 7) is 3.22. The molecule has 18 heavy (non-hydrogen) atoms. The second-order valence-corrected chi connectivity index (χ2v) is 4.96. The third-order valence-electron chi connectivity index (χ3n) is 2.65. The molecule has 0 saturated carbocycles. The van der Waals surface area contributed by atoms with Gasteiger partial charge in [0, 0.05) is 0 Å². The second kappa shape index (κ2) is 6.31. The van der Waals surface area contributed by atoms with E-state index in [1.54, 1.807) is 13.8 Å². The highest BCUT2D eigenvalue weighted by molar-refractivity contribution is 5.87. The number of carbonyl (C=O) groups excluding carboxylic acids is 2. The molecule has 0 unspecified atom stereocenters. The lowest BCUT2D eigenvalue weighted by molar-refractivity contribution is -0.127. The molecule has 1 rings (SSSR count). The molecule has 1 atom stereocenters. The van der Waals surface area contributed by atoms with E-state index < -0.39 is 11.6 Å². The van der Waals surface area contributed by atoms with Gasteiger partial charge in [-0.3, -0.25) is 4.79 Å². The van der Waals surface area contributed by atoms with E-state index in [1.165, 1.54) is 0 Å². The van der Waals surface area contributed by atoms with Crippen molar-refractivity contribution >= 4 is 12.2 Å². The minimum Gasteiger partial charge on any atom is -0.345 e. The second-order valence-electron chi connectivity index (χ2n) is 4.96. The van der Waals surface area contributed by atoms with Crippen molar-refractivity contribution in [1.29, 1.82) is 0 Å². The Bertz CT molecular complexity index is 396. The maximum atomic E-state index is 11.7. The van der Waals surface area contributed by atoms with Gasteiger partial charge in [-0.1, -0.05) is 30.3 Å². The topological polar surface area (TPSA) is 72.2 Å². The molecule has 1 aromatic rings. The molecule has 3 N–H and O–H groups in total. The van der Waals surface area contributed by atoms with Crippen LogP contribution in [-0.4, -0.2) is 23.8 Å². The van der Waals surface area contributed by atoms with Crippen molar-refractivity contribution in [3.63, 3.8) is 0 Å². The first kappa shape index (κ1) is 14.4. The van der Waals surface area contributed by atoms with Crippen LogP contribution in [0.5, 0.6) is 0 Å². The normalized spacial score (nSPS) is 12.8. The largest absolute Gasteiger partial charge is 0.345 e. The van der Waals surface area contributed by atoms with Crippen molar-refractivity contribution in [2.75, 3.05) is 0 Å². The number of benzene rings is 1. The zero-order chi connectivity index (χ0) is 13.6. The number of nitrogens with two attached hydrogens (primary N) is 1. The van der Waals surface area contributed by atoms with E-state index in [0.717, 1.165) is 18.3 Å². The van der Waals surface area contributed by atoms with Crippen molar-refractivity contribution < 1.29 is 9.59 Å². The fourth-order valence-electron chi connectivity index (χ4n) is 1.50. The van der Waals surface area contributed by atoms with Crippen LogP contribution in [0.25, 0.3) is 0 Å². The summed E-state index contributed by atoms with van der Waals surface area (Å²) in [5.74, 6) is -0.312. The number of nitrogens with one attached hydrogen (secondary N) is 1. The third-order valence-corrected chi connectivity index (χ3v) is 2.65. The van der Waals surface area contributed by atoms with E-state index in [-0.39, 0.29) is 5.91 Å². The molecule has 0 aliphatic rings. The van der Waals surface area contributed by atoms with Crippen LogP contribution in [0.4, 0.5) is 0 Å². The minimum atomic E-state index is -0.964. The van der Waals surface area contributed by atoms with E-state index in [9.17, 15) is 9.59 Å². The summed E-state index contributed by atoms with van der Waals surface area (Å²) in [6.07, 6.45) is 2.08. The molecule has 0 aliphatic heterocycles. The van der Waals surface area contributed by atoms with Crippen LogP contribution in [0.1, 0.15) is 25.8 Å². The average Bonchev–Trinajstić information content (AvgIpc) is 2.34. The fourth-order valence-corrected chi connectivity index (χ4v) is 1.50. The lowest BCUT2D eigenvalue weighted by atomic mass is 10.0. The Morgan fingerprint density at radius 1 is 1.39 bits per heavy atom. The summed E-state index contributed by atoms with van der Waals surface area (Å²) in [6, 6.07) is 9.35. The van der Waals surface area contributed by atoms with Crippen LogP contribution in [-0.2, 0) is 16.0 Å². The fraction of sp³-hybridized carbons (Fsp3) is 0.429. The Morgan fingerprint density at radius 2 is 2.00 bits per heavy atom. The molecule has 0 bridgehead atoms. The van der Waals surface area contributed by atoms with Crippen LogP contribution in [0, 0.1) is 0 Å². The van der Waals surface area contributed by atoms with Gasteiger partial charge in [-0.15, -0.1) is 0 Å². The predicted molar refractivity (Wildman–Crippen MR) is 71.0 cm³/mol. The minimum absolute atomic E-state index is 0.312. The highest BCUT2D eigenvalue weighted by Gasteiger charge is 2.24. The molecule has 0 aromatic heterocycles. The summed E-state index contributed by atoms with van der Waals surface area (Å²) < 4.78 is 0. The van der Waals surface area contributed by atoms with Gasteiger partial charge < -0.3 is 15.8 Å². The number of hydrogen-bond donors (Lipinski definition) is 2. The van der Waals surface area contributed by atoms with Crippen LogP contribution in [0.2, 0.25) is 0 Å². The van der Waals surface area contributed by atoms with Gasteiger partial charge >= 0.3 is 0 Å². The number of rotatable bonds is 6. The van der Waals surface area contributed by atoms with Crippen LogP contribution in [0.3, 0.4) is 0 Å². The Morgan fingerprint density at radius 3 is 2.50 bits per heavy atom. The molecular formula is C14H20N2O2. The van der Waals surface area contributed by atoms with Crippen LogP contribution in [0.15, 0.2) is 30.3 Å². The third kappa shape index (κ3) is 4.67. The Labute approximate surface area is 108 Å². The molecule has 0 heterocycles. The maximum Gasteiger partial charge on any atom is 0.240 e. The maximum absolute atomic E-state index is 11.7. The molecule has 0 spiro atoms. The summed E-state index contributed by atoms with van der Waals surface area (Å²) >= 11 is 0. The van der Waals surface area contributed by atoms with E-state index in [2.05, 4.69) is 5.32 Å². The number of amides is 1. The van der Waals surface area contributed by atoms with Crippen LogP contribution >= 0.6 is 0 Å². The Balaban J connectivity index is 2.48. The van der Waals surface area contributed by atoms with Gasteiger partial charge in [-0.05, 0) is 32.3 Å². The first-order chi connectivity index (χ1) is 8.43. The van der Waals surface area contributed by atoms with Crippen LogP contribution < -0.4 is 11.1 Å². The molecule has 0 aliphatic carbocycles. The van der Waals surface area contributed by atoms with E-state index >= 15 is 0 Å². The summed E-state index contributed by atoms with van der Waals surface area (Å²) in [5.41, 5.74) is 5.84. The van der Waals surface area contributed by atoms with Crippen molar-refractivity contribution in [2.45, 2.75) is 38.3 Å². The number of hydrogen-bond acceptors (Lipinski definition) is 3. The first-order valence-electron chi connectivity index (χ1n) is 6.02. The standard InChI is InChI=1S/C14H20N2O2/c1-14(2,15)13(18)16-12(10-17)9-8-11-6-4-3-5-7-11/h3-7,10,12H,8-9,15H2,1-2H3,(H,16,18)/t12-/m1/s1. The molecule has 4 nitrogen and oxygen atoms in total. The lowest BCUT2D eigenvalue weighted by Crippen LogP contribution is -2.52. The van der Waals surface area contributed by atoms with Gasteiger partial charge in [-0.25, -0.2) is 0 Å². The SMILES string of the molecule is CC(C)(N)C(=O)N[C@@H](C=O)CCc1ccccc1. The number of aldehydes is 1. The van der Waals surface area contributed by atoms with E-state index in [4.69, 9.17) is 5.73 Å². The summed E-state index contributed by atoms with van der Waals surface area (Å²) in [7, 11) is 0. The summed E-state index contributed by atoms with van der Waals surface area (Å²) in [5, 5.41) is 2.64. The Kier molecular flexibility index (Phi) is 5.04. The van der Waals surface area contributed by atoms with Gasteiger partial charge in [0.2, 0.25) is 5.91 Å². The molecule has 4 heteroatoms. The van der Waals surface area contributed by atoms with Gasteiger partial charge in [0.1, 0.15) is 6.29 Å². The molecule has 0 radical (unpaired) electrons. The van der Waals surface area contributed by atoms with E-state index in [0.29, 0.717) is 6.42 Å². The highest BCUT2D eigenvalue weighted by Crippen LogP contribution is 2.05. The number of aryl methyl sites for hydroxylation is 1. The monoisotopic (exact) mass is 248 g/mol. The summed E-state index contributed by atoms with van der Waals surface area (Å²) in [4.78, 5) is 22.6. The van der Waals surface area contributed by atoms with Gasteiger partial charge in [-0.2, -0.15) is 0 Å². The number of carbonyl (C=O) groups is 2. The molecule has 98 valence electrons. The average molecular weight is 248 g/mol. The van der Waals surface area contributed by atoms with Crippen molar-refractivity contribution in [3.05, 3.63) is 35.9 Å². The Hall–Kier alpha value is -1.68. The van der Waals surface area contributed by atoms with Crippen molar-refractivity contribution in [2.24, 2.45) is 5.73 Å². The van der Waals surface area contributed by atoms with Gasteiger partial charge in [0.05, 0.1) is 11.6 Å². The van der Waals surface area contributed by atoms with Gasteiger partial charge in [0.25, 0.3) is 0 Å². The molecular weight excluding hydrogens is 228 g/mol. The smallest absolute Gasteiger partial charge is 0.240 e. The highest BCUT2D eigenvalue weighted by atomic mass is 16.2. The van der Waals surface area contributed by atoms with Crippen molar-refractivity contribution in [3.8, 4) is 0 Å². The first-order valence-corrected chi connectivity index (χ1v) is 6.02. The van der Waals surface area contributed by atoms with Gasteiger partial charge in [0.15, 0.2) is 0 Å². The quantitative estimate of drug-likeness (QED) is 0.739. The molecule has 0 fully saturated rings. The zero-order valence-electron chi connectivity index (χ0n) is 10.8. The zero-order valence-corrected chi connectivity index (χ0v) is 10.8.